The molecule has 0 aliphatic heterocycles. The van der Waals surface area contributed by atoms with Crippen molar-refractivity contribution in [1.29, 1.82) is 0 Å². The molecule has 0 aromatic carbocycles. The van der Waals surface area contributed by atoms with Crippen LogP contribution in [0.2, 0.25) is 0 Å². The monoisotopic (exact) mass is 198 g/mol. The van der Waals surface area contributed by atoms with Gasteiger partial charge in [0.2, 0.25) is 5.91 Å². The van der Waals surface area contributed by atoms with E-state index in [1.807, 2.05) is 19.2 Å². The van der Waals surface area contributed by atoms with Crippen LogP contribution in [0.25, 0.3) is 0 Å². The number of Topliss-reactive ketones (excluding diaryl/α,β-unsaturated/α-hetero) is 1. The SMILES string of the molecule is CC1(C)CC(=O)C(C(=O)NC(N)=O)C1. The molecule has 0 spiro atoms. The summed E-state index contributed by atoms with van der Waals surface area (Å²) in [5.74, 6) is -1.40. The van der Waals surface area contributed by atoms with Crippen LogP contribution in [-0.2, 0) is 9.59 Å². The number of rotatable bonds is 1. The lowest BCUT2D eigenvalue weighted by Gasteiger charge is -2.14. The fourth-order valence-corrected chi connectivity index (χ4v) is 1.78. The van der Waals surface area contributed by atoms with E-state index in [4.69, 9.17) is 5.73 Å². The third kappa shape index (κ3) is 2.31. The zero-order chi connectivity index (χ0) is 10.9. The summed E-state index contributed by atoms with van der Waals surface area (Å²) in [4.78, 5) is 33.1. The number of imide groups is 1. The number of carbonyl (C=O) groups is 3. The second-order valence-electron chi connectivity index (χ2n) is 4.42. The van der Waals surface area contributed by atoms with E-state index in [0.29, 0.717) is 12.8 Å². The van der Waals surface area contributed by atoms with Crippen LogP contribution in [0, 0.1) is 11.3 Å². The number of ketones is 1. The summed E-state index contributed by atoms with van der Waals surface area (Å²) in [6.45, 7) is 3.84. The smallest absolute Gasteiger partial charge is 0.318 e. The molecule has 1 saturated carbocycles. The second-order valence-corrected chi connectivity index (χ2v) is 4.42. The van der Waals surface area contributed by atoms with Crippen molar-refractivity contribution in [2.75, 3.05) is 0 Å². The second kappa shape index (κ2) is 3.40. The van der Waals surface area contributed by atoms with Crippen molar-refractivity contribution in [3.05, 3.63) is 0 Å². The highest BCUT2D eigenvalue weighted by atomic mass is 16.2. The van der Waals surface area contributed by atoms with Crippen molar-refractivity contribution in [3.8, 4) is 0 Å². The molecule has 1 aliphatic rings. The number of primary amides is 1. The van der Waals surface area contributed by atoms with Gasteiger partial charge in [-0.1, -0.05) is 13.8 Å². The van der Waals surface area contributed by atoms with Crippen molar-refractivity contribution < 1.29 is 14.4 Å². The topological polar surface area (TPSA) is 89.3 Å². The Balaban J connectivity index is 2.67. The lowest BCUT2D eigenvalue weighted by atomic mass is 9.90. The first-order valence-electron chi connectivity index (χ1n) is 4.45. The number of amides is 3. The molecule has 3 N–H and O–H groups in total. The molecule has 0 radical (unpaired) electrons. The normalized spacial score (nSPS) is 24.7. The maximum atomic E-state index is 11.4. The van der Waals surface area contributed by atoms with E-state index >= 15 is 0 Å². The maximum Gasteiger partial charge on any atom is 0.318 e. The molecule has 3 amide bonds. The molecule has 1 atom stereocenters. The highest BCUT2D eigenvalue weighted by Gasteiger charge is 2.42. The maximum absolute atomic E-state index is 11.4. The quantitative estimate of drug-likeness (QED) is 0.589. The van der Waals surface area contributed by atoms with E-state index in [-0.39, 0.29) is 11.2 Å². The Morgan fingerprint density at radius 2 is 2.07 bits per heavy atom. The predicted octanol–water partition coefficient (Wildman–Crippen LogP) is 0.187. The van der Waals surface area contributed by atoms with Gasteiger partial charge in [-0.05, 0) is 11.8 Å². The Labute approximate surface area is 82.0 Å². The summed E-state index contributed by atoms with van der Waals surface area (Å²) in [5.41, 5.74) is 4.64. The minimum atomic E-state index is -0.910. The third-order valence-corrected chi connectivity index (χ3v) is 2.36. The molecule has 1 rings (SSSR count). The van der Waals surface area contributed by atoms with Crippen LogP contribution < -0.4 is 11.1 Å². The van der Waals surface area contributed by atoms with Crippen molar-refractivity contribution in [3.63, 3.8) is 0 Å². The Morgan fingerprint density at radius 3 is 2.43 bits per heavy atom. The van der Waals surface area contributed by atoms with Gasteiger partial charge in [0, 0.05) is 6.42 Å². The summed E-state index contributed by atoms with van der Waals surface area (Å²) >= 11 is 0. The van der Waals surface area contributed by atoms with Crippen molar-refractivity contribution in [2.45, 2.75) is 26.7 Å². The summed E-state index contributed by atoms with van der Waals surface area (Å²) < 4.78 is 0. The van der Waals surface area contributed by atoms with E-state index in [0.717, 1.165) is 0 Å². The first-order chi connectivity index (χ1) is 6.32. The van der Waals surface area contributed by atoms with E-state index in [1.165, 1.54) is 0 Å². The molecule has 1 aliphatic carbocycles. The van der Waals surface area contributed by atoms with Gasteiger partial charge in [0.25, 0.3) is 0 Å². The summed E-state index contributed by atoms with van der Waals surface area (Å²) in [5, 5.41) is 1.93. The number of hydrogen-bond acceptors (Lipinski definition) is 3. The van der Waals surface area contributed by atoms with Crippen LogP contribution in [0.5, 0.6) is 0 Å². The summed E-state index contributed by atoms with van der Waals surface area (Å²) in [6.07, 6.45) is 0.856. The zero-order valence-corrected chi connectivity index (χ0v) is 8.29. The van der Waals surface area contributed by atoms with Crippen LogP contribution in [0.4, 0.5) is 4.79 Å². The van der Waals surface area contributed by atoms with Crippen molar-refractivity contribution in [1.82, 2.24) is 5.32 Å². The van der Waals surface area contributed by atoms with Crippen molar-refractivity contribution >= 4 is 17.7 Å². The number of nitrogens with one attached hydrogen (secondary N) is 1. The van der Waals surface area contributed by atoms with Crippen LogP contribution >= 0.6 is 0 Å². The number of nitrogens with two attached hydrogens (primary N) is 1. The Kier molecular flexibility index (Phi) is 2.59. The van der Waals surface area contributed by atoms with Gasteiger partial charge in [0.05, 0.1) is 5.92 Å². The minimum absolute atomic E-state index is 0.117. The molecular weight excluding hydrogens is 184 g/mol. The average molecular weight is 198 g/mol. The molecule has 0 aromatic rings. The Bertz CT molecular complexity index is 296. The number of urea groups is 1. The minimum Gasteiger partial charge on any atom is -0.351 e. The lowest BCUT2D eigenvalue weighted by molar-refractivity contribution is -0.131. The first kappa shape index (κ1) is 10.7. The van der Waals surface area contributed by atoms with Crippen LogP contribution in [0.3, 0.4) is 0 Å². The molecule has 5 heteroatoms. The van der Waals surface area contributed by atoms with Gasteiger partial charge in [-0.3, -0.25) is 14.9 Å². The fraction of sp³-hybridized carbons (Fsp3) is 0.667. The van der Waals surface area contributed by atoms with E-state index in [1.54, 1.807) is 0 Å². The molecule has 1 unspecified atom stereocenters. The van der Waals surface area contributed by atoms with Gasteiger partial charge in [-0.25, -0.2) is 4.79 Å². The van der Waals surface area contributed by atoms with E-state index < -0.39 is 17.9 Å². The highest BCUT2D eigenvalue weighted by Crippen LogP contribution is 2.38. The largest absolute Gasteiger partial charge is 0.351 e. The van der Waals surface area contributed by atoms with Crippen LogP contribution in [0.15, 0.2) is 0 Å². The standard InChI is InChI=1S/C9H14N2O3/c1-9(2)3-5(6(12)4-9)7(13)11-8(10)14/h5H,3-4H2,1-2H3,(H3,10,11,13,14). The summed E-state index contributed by atoms with van der Waals surface area (Å²) in [6, 6.07) is -0.910. The Hall–Kier alpha value is -1.39. The summed E-state index contributed by atoms with van der Waals surface area (Å²) in [7, 11) is 0. The van der Waals surface area contributed by atoms with Gasteiger partial charge in [0.1, 0.15) is 5.78 Å². The van der Waals surface area contributed by atoms with Gasteiger partial charge >= 0.3 is 6.03 Å². The van der Waals surface area contributed by atoms with E-state index in [9.17, 15) is 14.4 Å². The fourth-order valence-electron chi connectivity index (χ4n) is 1.78. The molecule has 0 aromatic heterocycles. The molecule has 5 nitrogen and oxygen atoms in total. The van der Waals surface area contributed by atoms with Crippen LogP contribution in [-0.4, -0.2) is 17.7 Å². The molecule has 78 valence electrons. The molecular formula is C9H14N2O3. The highest BCUT2D eigenvalue weighted by molar-refractivity contribution is 6.07. The predicted molar refractivity (Wildman–Crippen MR) is 49.2 cm³/mol. The Morgan fingerprint density at radius 1 is 1.50 bits per heavy atom. The van der Waals surface area contributed by atoms with Gasteiger partial charge < -0.3 is 5.73 Å². The molecule has 0 saturated heterocycles. The average Bonchev–Trinajstić information content (AvgIpc) is 2.23. The number of carbonyl (C=O) groups excluding carboxylic acids is 3. The molecule has 0 heterocycles. The zero-order valence-electron chi connectivity index (χ0n) is 8.29. The van der Waals surface area contributed by atoms with Gasteiger partial charge in [-0.15, -0.1) is 0 Å². The number of hydrogen-bond donors (Lipinski definition) is 2. The van der Waals surface area contributed by atoms with E-state index in [2.05, 4.69) is 0 Å². The molecule has 0 bridgehead atoms. The molecule has 14 heavy (non-hydrogen) atoms. The third-order valence-electron chi connectivity index (χ3n) is 2.36. The molecule has 1 fully saturated rings. The van der Waals surface area contributed by atoms with Crippen LogP contribution in [0.1, 0.15) is 26.7 Å². The first-order valence-corrected chi connectivity index (χ1v) is 4.45. The van der Waals surface area contributed by atoms with Gasteiger partial charge in [-0.2, -0.15) is 0 Å². The van der Waals surface area contributed by atoms with Gasteiger partial charge in [0.15, 0.2) is 0 Å². The van der Waals surface area contributed by atoms with Crippen molar-refractivity contribution in [2.24, 2.45) is 17.1 Å². The lowest BCUT2D eigenvalue weighted by Crippen LogP contribution is -2.40.